The zero-order chi connectivity index (χ0) is 20.2. The van der Waals surface area contributed by atoms with Gasteiger partial charge in [0.15, 0.2) is 0 Å². The quantitative estimate of drug-likeness (QED) is 0.789. The number of aromatic amines is 1. The third-order valence-electron chi connectivity index (χ3n) is 6.63. The number of hydrogen-bond acceptors (Lipinski definition) is 3. The number of para-hydroxylation sites is 1. The number of nitrogens with zero attached hydrogens (tertiary/aromatic N) is 2. The SMILES string of the molecule is C[C@H](C(=O)NCCN1CCCC1)C1CCN(C(=O)c2cc3ccccc3[nH]2)CC1. The Balaban J connectivity index is 1.24. The van der Waals surface area contributed by atoms with Crippen LogP contribution in [0.25, 0.3) is 10.9 Å². The number of nitrogens with one attached hydrogen (secondary N) is 2. The van der Waals surface area contributed by atoms with Crippen LogP contribution in [0.3, 0.4) is 0 Å². The molecule has 2 fully saturated rings. The first-order valence-electron chi connectivity index (χ1n) is 11.0. The molecule has 0 bridgehead atoms. The summed E-state index contributed by atoms with van der Waals surface area (Å²) in [4.78, 5) is 33.0. The first kappa shape index (κ1) is 20.0. The Hall–Kier alpha value is -2.34. The van der Waals surface area contributed by atoms with E-state index in [1.807, 2.05) is 42.2 Å². The second-order valence-electron chi connectivity index (χ2n) is 8.53. The van der Waals surface area contributed by atoms with Crippen LogP contribution in [0.4, 0.5) is 0 Å². The molecule has 0 unspecified atom stereocenters. The Morgan fingerprint density at radius 1 is 1.14 bits per heavy atom. The van der Waals surface area contributed by atoms with E-state index in [1.165, 1.54) is 12.8 Å². The van der Waals surface area contributed by atoms with E-state index >= 15 is 0 Å². The van der Waals surface area contributed by atoms with Gasteiger partial charge in [-0.3, -0.25) is 9.59 Å². The molecular formula is C23H32N4O2. The largest absolute Gasteiger partial charge is 0.355 e. The van der Waals surface area contributed by atoms with Crippen molar-refractivity contribution >= 4 is 22.7 Å². The summed E-state index contributed by atoms with van der Waals surface area (Å²) in [5.41, 5.74) is 1.64. The standard InChI is InChI=1S/C23H32N4O2/c1-17(22(28)24-10-15-26-11-4-5-12-26)18-8-13-27(14-9-18)23(29)21-16-19-6-2-3-7-20(19)25-21/h2-3,6-7,16-18,25H,4-5,8-15H2,1H3,(H,24,28)/t17-/m0/s1. The first-order chi connectivity index (χ1) is 14.1. The van der Waals surface area contributed by atoms with Gasteiger partial charge in [-0.05, 0) is 56.8 Å². The molecule has 3 heterocycles. The maximum absolute atomic E-state index is 12.9. The minimum Gasteiger partial charge on any atom is -0.355 e. The van der Waals surface area contributed by atoms with Crippen LogP contribution in [0.2, 0.25) is 0 Å². The van der Waals surface area contributed by atoms with E-state index in [2.05, 4.69) is 15.2 Å². The van der Waals surface area contributed by atoms with E-state index in [4.69, 9.17) is 0 Å². The molecule has 1 aromatic carbocycles. The summed E-state index contributed by atoms with van der Waals surface area (Å²) in [5, 5.41) is 4.18. The molecule has 6 nitrogen and oxygen atoms in total. The smallest absolute Gasteiger partial charge is 0.270 e. The van der Waals surface area contributed by atoms with Gasteiger partial charge < -0.3 is 20.1 Å². The molecule has 4 rings (SSSR count). The molecule has 6 heteroatoms. The number of hydrogen-bond donors (Lipinski definition) is 2. The van der Waals surface area contributed by atoms with E-state index in [0.29, 0.717) is 24.7 Å². The van der Waals surface area contributed by atoms with E-state index < -0.39 is 0 Å². The number of rotatable bonds is 6. The Morgan fingerprint density at radius 2 is 1.86 bits per heavy atom. The van der Waals surface area contributed by atoms with Crippen molar-refractivity contribution in [1.82, 2.24) is 20.1 Å². The van der Waals surface area contributed by atoms with Gasteiger partial charge in [0.05, 0.1) is 0 Å². The lowest BCUT2D eigenvalue weighted by Gasteiger charge is -2.34. The molecule has 1 atom stereocenters. The van der Waals surface area contributed by atoms with Gasteiger partial charge in [-0.15, -0.1) is 0 Å². The van der Waals surface area contributed by atoms with Crippen molar-refractivity contribution in [2.24, 2.45) is 11.8 Å². The van der Waals surface area contributed by atoms with E-state index in [0.717, 1.165) is 49.9 Å². The van der Waals surface area contributed by atoms with Crippen LogP contribution in [-0.4, -0.2) is 65.9 Å². The summed E-state index contributed by atoms with van der Waals surface area (Å²) >= 11 is 0. The Labute approximate surface area is 172 Å². The second-order valence-corrected chi connectivity index (χ2v) is 8.53. The van der Waals surface area contributed by atoms with Gasteiger partial charge in [0.2, 0.25) is 5.91 Å². The van der Waals surface area contributed by atoms with Crippen molar-refractivity contribution in [3.8, 4) is 0 Å². The monoisotopic (exact) mass is 396 g/mol. The number of aromatic nitrogens is 1. The highest BCUT2D eigenvalue weighted by Gasteiger charge is 2.30. The molecule has 29 heavy (non-hydrogen) atoms. The van der Waals surface area contributed by atoms with Crippen molar-refractivity contribution in [2.75, 3.05) is 39.3 Å². The lowest BCUT2D eigenvalue weighted by atomic mass is 9.84. The molecule has 0 radical (unpaired) electrons. The fourth-order valence-corrected chi connectivity index (χ4v) is 4.68. The van der Waals surface area contributed by atoms with Crippen LogP contribution in [0.15, 0.2) is 30.3 Å². The fourth-order valence-electron chi connectivity index (χ4n) is 4.68. The zero-order valence-electron chi connectivity index (χ0n) is 17.3. The molecule has 0 spiro atoms. The summed E-state index contributed by atoms with van der Waals surface area (Å²) < 4.78 is 0. The minimum atomic E-state index is -0.00101. The number of fused-ring (bicyclic) bond motifs is 1. The third-order valence-corrected chi connectivity index (χ3v) is 6.63. The topological polar surface area (TPSA) is 68.4 Å². The molecule has 2 aromatic rings. The summed E-state index contributed by atoms with van der Waals surface area (Å²) in [5.74, 6) is 0.555. The van der Waals surface area contributed by atoms with Gasteiger partial charge in [-0.2, -0.15) is 0 Å². The maximum atomic E-state index is 12.9. The van der Waals surface area contributed by atoms with Crippen LogP contribution < -0.4 is 5.32 Å². The van der Waals surface area contributed by atoms with Gasteiger partial charge >= 0.3 is 0 Å². The van der Waals surface area contributed by atoms with Gasteiger partial charge in [-0.1, -0.05) is 25.1 Å². The zero-order valence-corrected chi connectivity index (χ0v) is 17.3. The molecule has 2 amide bonds. The molecule has 0 aliphatic carbocycles. The van der Waals surface area contributed by atoms with Crippen molar-refractivity contribution in [3.63, 3.8) is 0 Å². The van der Waals surface area contributed by atoms with E-state index in [1.54, 1.807) is 0 Å². The average Bonchev–Trinajstić information content (AvgIpc) is 3.42. The molecular weight excluding hydrogens is 364 g/mol. The normalized spacial score (nSPS) is 19.6. The number of H-pyrrole nitrogens is 1. The number of likely N-dealkylation sites (tertiary alicyclic amines) is 2. The van der Waals surface area contributed by atoms with Gasteiger partial charge in [-0.25, -0.2) is 0 Å². The highest BCUT2D eigenvalue weighted by atomic mass is 16.2. The number of benzene rings is 1. The number of amides is 2. The highest BCUT2D eigenvalue weighted by Crippen LogP contribution is 2.26. The molecule has 2 saturated heterocycles. The number of carbonyl (C=O) groups is 2. The summed E-state index contributed by atoms with van der Waals surface area (Å²) in [6, 6.07) is 9.88. The maximum Gasteiger partial charge on any atom is 0.270 e. The molecule has 2 N–H and O–H groups in total. The Kier molecular flexibility index (Phi) is 6.19. The van der Waals surface area contributed by atoms with Crippen LogP contribution in [0.1, 0.15) is 43.1 Å². The third kappa shape index (κ3) is 4.64. The van der Waals surface area contributed by atoms with Crippen LogP contribution >= 0.6 is 0 Å². The van der Waals surface area contributed by atoms with Crippen LogP contribution in [0, 0.1) is 11.8 Å². The lowest BCUT2D eigenvalue weighted by Crippen LogP contribution is -2.43. The highest BCUT2D eigenvalue weighted by molar-refractivity contribution is 5.98. The first-order valence-corrected chi connectivity index (χ1v) is 11.0. The molecule has 0 saturated carbocycles. The molecule has 2 aliphatic rings. The predicted molar refractivity (Wildman–Crippen MR) is 115 cm³/mol. The predicted octanol–water partition coefficient (Wildman–Crippen LogP) is 2.87. The van der Waals surface area contributed by atoms with Gasteiger partial charge in [0.1, 0.15) is 5.69 Å². The number of piperidine rings is 1. The van der Waals surface area contributed by atoms with Crippen molar-refractivity contribution in [1.29, 1.82) is 0 Å². The lowest BCUT2D eigenvalue weighted by molar-refractivity contribution is -0.126. The van der Waals surface area contributed by atoms with E-state index in [-0.39, 0.29) is 17.7 Å². The summed E-state index contributed by atoms with van der Waals surface area (Å²) in [6.07, 6.45) is 4.32. The van der Waals surface area contributed by atoms with Crippen molar-refractivity contribution in [3.05, 3.63) is 36.0 Å². The van der Waals surface area contributed by atoms with Crippen LogP contribution in [-0.2, 0) is 4.79 Å². The Bertz CT molecular complexity index is 814. The molecule has 1 aromatic heterocycles. The average molecular weight is 397 g/mol. The van der Waals surface area contributed by atoms with Gasteiger partial charge in [0.25, 0.3) is 5.91 Å². The van der Waals surface area contributed by atoms with Gasteiger partial charge in [0, 0.05) is 43.0 Å². The second kappa shape index (κ2) is 8.99. The van der Waals surface area contributed by atoms with Crippen LogP contribution in [0.5, 0.6) is 0 Å². The van der Waals surface area contributed by atoms with E-state index in [9.17, 15) is 9.59 Å². The summed E-state index contributed by atoms with van der Waals surface area (Å²) in [6.45, 7) is 7.47. The number of carbonyl (C=O) groups excluding carboxylic acids is 2. The summed E-state index contributed by atoms with van der Waals surface area (Å²) in [7, 11) is 0. The molecule has 156 valence electrons. The molecule has 2 aliphatic heterocycles. The van der Waals surface area contributed by atoms with Crippen molar-refractivity contribution < 1.29 is 9.59 Å². The Morgan fingerprint density at radius 3 is 2.59 bits per heavy atom. The fraction of sp³-hybridized carbons (Fsp3) is 0.565. The minimum absolute atomic E-state index is 0.00101. The van der Waals surface area contributed by atoms with Crippen molar-refractivity contribution in [2.45, 2.75) is 32.6 Å².